The first-order valence-corrected chi connectivity index (χ1v) is 10.4. The molecule has 1 N–H and O–H groups in total. The fourth-order valence-electron chi connectivity index (χ4n) is 4.49. The number of benzene rings is 1. The first kappa shape index (κ1) is 19.5. The molecule has 0 spiro atoms. The van der Waals surface area contributed by atoms with Crippen molar-refractivity contribution >= 4 is 17.5 Å². The maximum Gasteiger partial charge on any atom is 0.260 e. The number of aliphatic hydroxyl groups is 1. The van der Waals surface area contributed by atoms with Gasteiger partial charge in [-0.3, -0.25) is 4.79 Å². The zero-order valence-electron chi connectivity index (χ0n) is 16.9. The van der Waals surface area contributed by atoms with Crippen molar-refractivity contribution in [3.8, 4) is 17.4 Å². The summed E-state index contributed by atoms with van der Waals surface area (Å²) in [5.41, 5.74) is 1.11. The van der Waals surface area contributed by atoms with Crippen molar-refractivity contribution in [1.82, 2.24) is 9.88 Å². The number of carbonyl (C=O) groups excluding carboxylic acids is 1. The zero-order valence-corrected chi connectivity index (χ0v) is 17.6. The standard InChI is InChI=1S/C22H23ClN2O5/c1-22(2,27)19(12-6-7-12)25-9-13-4-3-5-16(17(13)21(25)26)28-10-14-15(23)8-24-20-18(14)29-11-30-20/h3-5,8,12,19,27H,6-7,9-11H2,1-2H3/t19-/m1/s1. The molecule has 1 aliphatic carbocycles. The van der Waals surface area contributed by atoms with Crippen molar-refractivity contribution in [2.45, 2.75) is 51.5 Å². The molecule has 8 heteroatoms. The number of amides is 1. The summed E-state index contributed by atoms with van der Waals surface area (Å²) in [4.78, 5) is 19.3. The molecule has 1 fully saturated rings. The van der Waals surface area contributed by atoms with Crippen LogP contribution in [0.5, 0.6) is 17.4 Å². The average molecular weight is 431 g/mol. The Kier molecular flexibility index (Phi) is 4.56. The Morgan fingerprint density at radius 1 is 1.37 bits per heavy atom. The van der Waals surface area contributed by atoms with E-state index >= 15 is 0 Å². The highest BCUT2D eigenvalue weighted by Gasteiger charge is 2.48. The Labute approximate surface area is 179 Å². The van der Waals surface area contributed by atoms with Crippen LogP contribution in [0.25, 0.3) is 0 Å². The van der Waals surface area contributed by atoms with Crippen molar-refractivity contribution in [2.75, 3.05) is 6.79 Å². The zero-order chi connectivity index (χ0) is 21.0. The van der Waals surface area contributed by atoms with E-state index in [9.17, 15) is 9.90 Å². The lowest BCUT2D eigenvalue weighted by Crippen LogP contribution is -2.51. The monoisotopic (exact) mass is 430 g/mol. The Morgan fingerprint density at radius 3 is 2.90 bits per heavy atom. The van der Waals surface area contributed by atoms with E-state index in [1.165, 1.54) is 6.20 Å². The number of hydrogen-bond acceptors (Lipinski definition) is 6. The third-order valence-electron chi connectivity index (χ3n) is 5.88. The van der Waals surface area contributed by atoms with E-state index in [2.05, 4.69) is 4.98 Å². The van der Waals surface area contributed by atoms with E-state index in [0.717, 1.165) is 18.4 Å². The Balaban J connectivity index is 1.42. The number of fused-ring (bicyclic) bond motifs is 2. The molecule has 2 aromatic rings. The van der Waals surface area contributed by atoms with Crippen LogP contribution in [0.1, 0.15) is 48.2 Å². The van der Waals surface area contributed by atoms with E-state index in [-0.39, 0.29) is 25.3 Å². The van der Waals surface area contributed by atoms with Gasteiger partial charge in [-0.05, 0) is 44.2 Å². The molecule has 0 unspecified atom stereocenters. The largest absolute Gasteiger partial charge is 0.488 e. The fourth-order valence-corrected chi connectivity index (χ4v) is 4.68. The number of carbonyl (C=O) groups is 1. The second-order valence-corrected chi connectivity index (χ2v) is 8.98. The highest BCUT2D eigenvalue weighted by molar-refractivity contribution is 6.31. The van der Waals surface area contributed by atoms with Crippen LogP contribution >= 0.6 is 11.6 Å². The van der Waals surface area contributed by atoms with Crippen molar-refractivity contribution < 1.29 is 24.1 Å². The Morgan fingerprint density at radius 2 is 2.17 bits per heavy atom. The molecule has 1 aromatic heterocycles. The van der Waals surface area contributed by atoms with Crippen LogP contribution in [-0.2, 0) is 13.2 Å². The van der Waals surface area contributed by atoms with Crippen LogP contribution in [0.15, 0.2) is 24.4 Å². The summed E-state index contributed by atoms with van der Waals surface area (Å²) in [6.07, 6.45) is 3.57. The van der Waals surface area contributed by atoms with E-state index in [4.69, 9.17) is 25.8 Å². The van der Waals surface area contributed by atoms with Gasteiger partial charge in [-0.15, -0.1) is 0 Å². The lowest BCUT2D eigenvalue weighted by atomic mass is 9.93. The van der Waals surface area contributed by atoms with Crippen LogP contribution in [0, 0.1) is 5.92 Å². The summed E-state index contributed by atoms with van der Waals surface area (Å²) >= 11 is 6.30. The molecule has 1 aromatic carbocycles. The first-order chi connectivity index (χ1) is 14.3. The number of hydrogen-bond donors (Lipinski definition) is 1. The molecule has 158 valence electrons. The summed E-state index contributed by atoms with van der Waals surface area (Å²) in [6.45, 7) is 4.23. The normalized spacial score (nSPS) is 18.5. The topological polar surface area (TPSA) is 81.1 Å². The maximum atomic E-state index is 13.4. The van der Waals surface area contributed by atoms with Gasteiger partial charge in [-0.1, -0.05) is 23.7 Å². The minimum absolute atomic E-state index is 0.0867. The van der Waals surface area contributed by atoms with Crippen LogP contribution < -0.4 is 14.2 Å². The molecule has 3 aliphatic rings. The lowest BCUT2D eigenvalue weighted by Gasteiger charge is -2.37. The molecule has 1 saturated carbocycles. The van der Waals surface area contributed by atoms with E-state index in [0.29, 0.717) is 46.0 Å². The minimum atomic E-state index is -0.970. The summed E-state index contributed by atoms with van der Waals surface area (Å²) in [6, 6.07) is 5.37. The molecule has 0 saturated heterocycles. The van der Waals surface area contributed by atoms with Gasteiger partial charge < -0.3 is 24.2 Å². The highest BCUT2D eigenvalue weighted by Crippen LogP contribution is 2.44. The molecule has 7 nitrogen and oxygen atoms in total. The molecule has 3 heterocycles. The second-order valence-electron chi connectivity index (χ2n) is 8.57. The van der Waals surface area contributed by atoms with E-state index in [1.807, 2.05) is 12.1 Å². The summed E-state index contributed by atoms with van der Waals surface area (Å²) in [5.74, 6) is 1.58. The summed E-state index contributed by atoms with van der Waals surface area (Å²) in [5, 5.41) is 11.1. The number of nitrogens with zero attached hydrogens (tertiary/aromatic N) is 2. The van der Waals surface area contributed by atoms with Crippen LogP contribution in [-0.4, -0.2) is 39.3 Å². The number of pyridine rings is 1. The molecule has 2 aliphatic heterocycles. The predicted octanol–water partition coefficient (Wildman–Crippen LogP) is 3.55. The summed E-state index contributed by atoms with van der Waals surface area (Å²) in [7, 11) is 0. The smallest absolute Gasteiger partial charge is 0.260 e. The van der Waals surface area contributed by atoms with Crippen molar-refractivity contribution in [1.29, 1.82) is 0 Å². The number of aromatic nitrogens is 1. The number of halogens is 1. The molecule has 0 bridgehead atoms. The average Bonchev–Trinajstić information content (AvgIpc) is 3.29. The Hall–Kier alpha value is -2.51. The van der Waals surface area contributed by atoms with Gasteiger partial charge in [0.15, 0.2) is 5.75 Å². The van der Waals surface area contributed by atoms with Gasteiger partial charge in [0, 0.05) is 6.54 Å². The van der Waals surface area contributed by atoms with Crippen molar-refractivity contribution in [2.24, 2.45) is 5.92 Å². The molecule has 1 amide bonds. The number of rotatable bonds is 6. The van der Waals surface area contributed by atoms with E-state index < -0.39 is 5.60 Å². The van der Waals surface area contributed by atoms with Crippen LogP contribution in [0.2, 0.25) is 5.02 Å². The van der Waals surface area contributed by atoms with Gasteiger partial charge in [-0.25, -0.2) is 4.98 Å². The minimum Gasteiger partial charge on any atom is -0.488 e. The molecular formula is C22H23ClN2O5. The third-order valence-corrected chi connectivity index (χ3v) is 6.20. The lowest BCUT2D eigenvalue weighted by molar-refractivity contribution is -0.0224. The van der Waals surface area contributed by atoms with Gasteiger partial charge >= 0.3 is 0 Å². The Bertz CT molecular complexity index is 1020. The summed E-state index contributed by atoms with van der Waals surface area (Å²) < 4.78 is 16.8. The van der Waals surface area contributed by atoms with Gasteiger partial charge in [0.05, 0.1) is 34.0 Å². The predicted molar refractivity (Wildman–Crippen MR) is 109 cm³/mol. The molecule has 30 heavy (non-hydrogen) atoms. The van der Waals surface area contributed by atoms with E-state index in [1.54, 1.807) is 24.8 Å². The van der Waals surface area contributed by atoms with Gasteiger partial charge in [0.25, 0.3) is 11.8 Å². The highest BCUT2D eigenvalue weighted by atomic mass is 35.5. The fraction of sp³-hybridized carbons (Fsp3) is 0.455. The molecule has 5 rings (SSSR count). The second kappa shape index (κ2) is 7.03. The first-order valence-electron chi connectivity index (χ1n) is 10.1. The maximum absolute atomic E-state index is 13.4. The van der Waals surface area contributed by atoms with Crippen LogP contribution in [0.4, 0.5) is 0 Å². The molecule has 0 radical (unpaired) electrons. The van der Waals surface area contributed by atoms with Crippen molar-refractivity contribution in [3.63, 3.8) is 0 Å². The van der Waals surface area contributed by atoms with Gasteiger partial charge in [0.1, 0.15) is 12.4 Å². The van der Waals surface area contributed by atoms with Crippen LogP contribution in [0.3, 0.4) is 0 Å². The number of ether oxygens (including phenoxy) is 3. The third kappa shape index (κ3) is 3.26. The SMILES string of the molecule is CC(C)(O)[C@@H](C1CC1)N1Cc2cccc(OCc3c(Cl)cnc4c3OCO4)c2C1=O. The molecular weight excluding hydrogens is 408 g/mol. The van der Waals surface area contributed by atoms with Crippen molar-refractivity contribution in [3.05, 3.63) is 46.1 Å². The quantitative estimate of drug-likeness (QED) is 0.754. The molecule has 1 atom stereocenters. The van der Waals surface area contributed by atoms with Gasteiger partial charge in [-0.2, -0.15) is 0 Å². The van der Waals surface area contributed by atoms with Gasteiger partial charge in [0.2, 0.25) is 6.79 Å².